The summed E-state index contributed by atoms with van der Waals surface area (Å²) in [7, 11) is 0. The Hall–Kier alpha value is -3.29. The molecule has 0 aliphatic heterocycles. The van der Waals surface area contributed by atoms with Gasteiger partial charge in [0.1, 0.15) is 0 Å². The van der Waals surface area contributed by atoms with Crippen molar-refractivity contribution in [2.24, 2.45) is 10.2 Å². The summed E-state index contributed by atoms with van der Waals surface area (Å²) in [5, 5.41) is 30.2. The topological polar surface area (TPSA) is 117 Å². The van der Waals surface area contributed by atoms with Crippen LogP contribution in [-0.2, 0) is 6.42 Å². The lowest BCUT2D eigenvalue weighted by molar-refractivity contribution is -0.384. The Morgan fingerprint density at radius 3 is 2.36 bits per heavy atom. The molecule has 2 aromatic carbocycles. The van der Waals surface area contributed by atoms with E-state index in [0.717, 1.165) is 5.56 Å². The number of benzene rings is 2. The van der Waals surface area contributed by atoms with Gasteiger partial charge in [0, 0.05) is 17.7 Å². The van der Waals surface area contributed by atoms with Gasteiger partial charge < -0.3 is 10.4 Å². The second-order valence-corrected chi connectivity index (χ2v) is 6.14. The van der Waals surface area contributed by atoms with E-state index in [4.69, 9.17) is 5.11 Å². The summed E-state index contributed by atoms with van der Waals surface area (Å²) in [6, 6.07) is 13.1. The smallest absolute Gasteiger partial charge is 0.405 e. The Kier molecular flexibility index (Phi) is 5.43. The van der Waals surface area contributed by atoms with Crippen LogP contribution in [0.5, 0.6) is 0 Å². The Labute approximate surface area is 144 Å². The first-order valence-corrected chi connectivity index (χ1v) is 7.51. The monoisotopic (exact) mass is 342 g/mol. The fraction of sp³-hybridized carbons (Fsp3) is 0.235. The number of nitro groups is 1. The molecule has 0 fully saturated rings. The molecule has 0 saturated heterocycles. The van der Waals surface area contributed by atoms with Crippen molar-refractivity contribution in [2.75, 3.05) is 0 Å². The maximum absolute atomic E-state index is 10.8. The fourth-order valence-electron chi connectivity index (χ4n) is 2.36. The second kappa shape index (κ2) is 7.52. The van der Waals surface area contributed by atoms with Crippen molar-refractivity contribution in [3.63, 3.8) is 0 Å². The lowest BCUT2D eigenvalue weighted by Gasteiger charge is -2.24. The van der Waals surface area contributed by atoms with E-state index in [9.17, 15) is 14.9 Å². The van der Waals surface area contributed by atoms with E-state index < -0.39 is 16.6 Å². The highest BCUT2D eigenvalue weighted by atomic mass is 16.6. The molecular formula is C17H18N4O4. The molecule has 2 aromatic rings. The molecule has 2 N–H and O–H groups in total. The summed E-state index contributed by atoms with van der Waals surface area (Å²) in [6.07, 6.45) is -0.592. The van der Waals surface area contributed by atoms with Crippen LogP contribution in [0.4, 0.5) is 21.9 Å². The molecule has 8 nitrogen and oxygen atoms in total. The van der Waals surface area contributed by atoms with Crippen LogP contribution in [0.15, 0.2) is 58.8 Å². The first-order chi connectivity index (χ1) is 11.7. The van der Waals surface area contributed by atoms with E-state index >= 15 is 0 Å². The van der Waals surface area contributed by atoms with Gasteiger partial charge in [-0.05, 0) is 44.0 Å². The van der Waals surface area contributed by atoms with Crippen molar-refractivity contribution in [3.05, 3.63) is 64.2 Å². The summed E-state index contributed by atoms with van der Waals surface area (Å²) in [5.41, 5.74) is 1.19. The number of non-ortho nitro benzene ring substituents is 1. The first kappa shape index (κ1) is 18.1. The third kappa shape index (κ3) is 5.69. The molecular weight excluding hydrogens is 324 g/mol. The zero-order valence-corrected chi connectivity index (χ0v) is 13.8. The number of amides is 1. The highest BCUT2D eigenvalue weighted by Gasteiger charge is 2.20. The number of nitro benzene ring substituents is 1. The van der Waals surface area contributed by atoms with Gasteiger partial charge in [0.05, 0.1) is 16.3 Å². The number of carbonyl (C=O) groups is 1. The summed E-state index contributed by atoms with van der Waals surface area (Å²) in [5.74, 6) is 0. The van der Waals surface area contributed by atoms with Gasteiger partial charge in [-0.15, -0.1) is 0 Å². The second-order valence-electron chi connectivity index (χ2n) is 6.14. The Morgan fingerprint density at radius 2 is 1.76 bits per heavy atom. The van der Waals surface area contributed by atoms with Gasteiger partial charge in [-0.1, -0.05) is 18.2 Å². The van der Waals surface area contributed by atoms with Crippen LogP contribution in [0, 0.1) is 10.1 Å². The van der Waals surface area contributed by atoms with Crippen LogP contribution < -0.4 is 5.32 Å². The largest absolute Gasteiger partial charge is 0.465 e. The van der Waals surface area contributed by atoms with E-state index in [-0.39, 0.29) is 5.69 Å². The Bertz CT molecular complexity index is 818. The van der Waals surface area contributed by atoms with E-state index in [1.54, 1.807) is 44.2 Å². The average molecular weight is 342 g/mol. The van der Waals surface area contributed by atoms with Gasteiger partial charge in [0.25, 0.3) is 5.69 Å². The van der Waals surface area contributed by atoms with Crippen LogP contribution >= 0.6 is 0 Å². The number of nitrogens with one attached hydrogen (secondary N) is 1. The van der Waals surface area contributed by atoms with Gasteiger partial charge in [-0.3, -0.25) is 10.1 Å². The minimum atomic E-state index is -1.08. The van der Waals surface area contributed by atoms with Crippen molar-refractivity contribution in [3.8, 4) is 0 Å². The third-order valence-electron chi connectivity index (χ3n) is 3.32. The molecule has 8 heteroatoms. The van der Waals surface area contributed by atoms with Crippen LogP contribution in [0.1, 0.15) is 19.4 Å². The molecule has 0 bridgehead atoms. The molecule has 0 unspecified atom stereocenters. The highest BCUT2D eigenvalue weighted by Crippen LogP contribution is 2.24. The standard InChI is InChI=1S/C17H18N4O4/c1-17(2,18-16(22)23)11-12-5-3-6-13(9-12)19-20-14-7-4-8-15(10-14)21(24)25/h3-10,18H,11H2,1-2H3,(H,22,23)/b20-19+. The molecule has 25 heavy (non-hydrogen) atoms. The number of azo groups is 1. The van der Waals surface area contributed by atoms with Crippen LogP contribution in [0.25, 0.3) is 0 Å². The highest BCUT2D eigenvalue weighted by molar-refractivity contribution is 5.65. The molecule has 0 aliphatic carbocycles. The first-order valence-electron chi connectivity index (χ1n) is 7.51. The van der Waals surface area contributed by atoms with Gasteiger partial charge in [-0.25, -0.2) is 4.79 Å². The molecule has 1 amide bonds. The fourth-order valence-corrected chi connectivity index (χ4v) is 2.36. The normalized spacial score (nSPS) is 11.4. The molecule has 0 atom stereocenters. The van der Waals surface area contributed by atoms with Gasteiger partial charge in [0.2, 0.25) is 0 Å². The maximum Gasteiger partial charge on any atom is 0.405 e. The van der Waals surface area contributed by atoms with E-state index in [0.29, 0.717) is 17.8 Å². The summed E-state index contributed by atoms with van der Waals surface area (Å²) in [4.78, 5) is 21.1. The average Bonchev–Trinajstić information content (AvgIpc) is 2.51. The Morgan fingerprint density at radius 1 is 1.16 bits per heavy atom. The van der Waals surface area contributed by atoms with Gasteiger partial charge >= 0.3 is 6.09 Å². The third-order valence-corrected chi connectivity index (χ3v) is 3.32. The molecule has 0 aliphatic rings. The van der Waals surface area contributed by atoms with Crippen molar-refractivity contribution >= 4 is 23.2 Å². The molecule has 0 radical (unpaired) electrons. The molecule has 0 aromatic heterocycles. The number of carboxylic acid groups (broad SMARTS) is 1. The Balaban J connectivity index is 2.15. The summed E-state index contributed by atoms with van der Waals surface area (Å²) < 4.78 is 0. The van der Waals surface area contributed by atoms with Crippen molar-refractivity contribution < 1.29 is 14.8 Å². The van der Waals surface area contributed by atoms with Crippen LogP contribution in [0.3, 0.4) is 0 Å². The molecule has 0 saturated carbocycles. The minimum Gasteiger partial charge on any atom is -0.465 e. The lowest BCUT2D eigenvalue weighted by Crippen LogP contribution is -2.44. The van der Waals surface area contributed by atoms with Gasteiger partial charge in [-0.2, -0.15) is 10.2 Å². The van der Waals surface area contributed by atoms with Crippen molar-refractivity contribution in [1.82, 2.24) is 5.32 Å². The van der Waals surface area contributed by atoms with E-state index in [2.05, 4.69) is 15.5 Å². The van der Waals surface area contributed by atoms with Crippen LogP contribution in [0.2, 0.25) is 0 Å². The van der Waals surface area contributed by atoms with Gasteiger partial charge in [0.15, 0.2) is 0 Å². The number of hydrogen-bond donors (Lipinski definition) is 2. The molecule has 0 spiro atoms. The maximum atomic E-state index is 10.8. The zero-order valence-electron chi connectivity index (χ0n) is 13.8. The molecule has 2 rings (SSSR count). The predicted molar refractivity (Wildman–Crippen MR) is 92.7 cm³/mol. The predicted octanol–water partition coefficient (Wildman–Crippen LogP) is 4.60. The van der Waals surface area contributed by atoms with E-state index in [1.165, 1.54) is 12.1 Å². The quantitative estimate of drug-likeness (QED) is 0.453. The zero-order chi connectivity index (χ0) is 18.4. The minimum absolute atomic E-state index is 0.0494. The lowest BCUT2D eigenvalue weighted by atomic mass is 9.95. The molecule has 130 valence electrons. The van der Waals surface area contributed by atoms with Crippen molar-refractivity contribution in [1.29, 1.82) is 0 Å². The van der Waals surface area contributed by atoms with Crippen molar-refractivity contribution in [2.45, 2.75) is 25.8 Å². The number of nitrogens with zero attached hydrogens (tertiary/aromatic N) is 3. The number of rotatable bonds is 6. The SMILES string of the molecule is CC(C)(Cc1cccc(/N=N/c2cccc([N+](=O)[O-])c2)c1)NC(=O)O. The van der Waals surface area contributed by atoms with E-state index in [1.807, 2.05) is 6.07 Å². The summed E-state index contributed by atoms with van der Waals surface area (Å²) >= 11 is 0. The molecule has 0 heterocycles. The van der Waals surface area contributed by atoms with Crippen LogP contribution in [-0.4, -0.2) is 21.7 Å². The number of hydrogen-bond acceptors (Lipinski definition) is 5. The summed E-state index contributed by atoms with van der Waals surface area (Å²) in [6.45, 7) is 3.58.